The molecule has 0 bridgehead atoms. The number of unbranched alkanes of at least 4 members (excludes halogenated alkanes) is 15. The van der Waals surface area contributed by atoms with Crippen molar-refractivity contribution in [3.05, 3.63) is 83.0 Å². The van der Waals surface area contributed by atoms with Crippen LogP contribution >= 0.6 is 19.4 Å². The van der Waals surface area contributed by atoms with E-state index in [1.165, 1.54) is 108 Å². The van der Waals surface area contributed by atoms with Crippen molar-refractivity contribution >= 4 is 37.0 Å². The zero-order valence-corrected chi connectivity index (χ0v) is 42.4. The minimum absolute atomic E-state index is 0.0349. The summed E-state index contributed by atoms with van der Waals surface area (Å²) in [6.45, 7) is 5.71. The number of aliphatic imine (C=N–C) groups is 1. The number of benzene rings is 2. The molecule has 4 aromatic rings. The molecule has 15 nitrogen and oxygen atoms in total. The number of hydrogen-bond donors (Lipinski definition) is 1. The number of ether oxygens (including phenoxy) is 5. The fourth-order valence-electron chi connectivity index (χ4n) is 9.00. The third kappa shape index (κ3) is 15.2. The van der Waals surface area contributed by atoms with Gasteiger partial charge in [0.2, 0.25) is 0 Å². The minimum Gasteiger partial charge on any atom is -0.493 e. The van der Waals surface area contributed by atoms with Gasteiger partial charge in [0, 0.05) is 31.9 Å². The Kier molecular flexibility index (Phi) is 20.7. The number of nitrogen functional groups attached to an aromatic ring is 1. The van der Waals surface area contributed by atoms with Gasteiger partial charge in [0.1, 0.15) is 35.3 Å². The lowest BCUT2D eigenvalue weighted by molar-refractivity contribution is -0.200. The molecule has 2 N–H and O–H groups in total. The molecule has 2 unspecified atom stereocenters. The molecule has 69 heavy (non-hydrogen) atoms. The number of hydrogen-bond acceptors (Lipinski definition) is 14. The third-order valence-corrected chi connectivity index (χ3v) is 14.1. The second-order valence-electron chi connectivity index (χ2n) is 18.6. The minimum atomic E-state index is -4.61. The first-order chi connectivity index (χ1) is 33.3. The van der Waals surface area contributed by atoms with Crippen LogP contribution in [-0.4, -0.2) is 85.0 Å². The summed E-state index contributed by atoms with van der Waals surface area (Å²) in [5.41, 5.74) is 4.70. The standard InChI is InChI=1S/C51H71ClFN6O9P/c1-5-6-7-8-9-10-11-12-13-14-15-16-17-18-19-22-27-61-32-40(33-62-42-29-39(31-54)28-41(53)30-42)34-64-69(60,67-45-24-21-20-23-43(45)52)65-36-50(35-56-4)48-51(37-63-50,68-49(2,3)66-48)46-26-25-44-47(55)57-38-58-59(44)46/h20-21,23-26,28-30,35,38,40,48H,5-19,22,27,32-34,36-37H2,1-4H3,(H2,55,57,58)/b56-35+/t40?,48-,50-,51-,69?/m1/s1. The van der Waals surface area contributed by atoms with Gasteiger partial charge in [-0.1, -0.05) is 127 Å². The number of nitriles is 1. The number of anilines is 1. The Labute approximate surface area is 412 Å². The SMILES string of the molecule is CCCCCCCCCCCCCCCCCCOCC(COc1cc(F)cc(C#N)c1)COP(=O)(OC[C@@]1(/C=N/C)OC[C@]2(c3ccc4c(N)ncnn34)OC(C)(C)O[C@H]12)Oc1ccccc1Cl. The Morgan fingerprint density at radius 3 is 2.30 bits per heavy atom. The first-order valence-corrected chi connectivity index (χ1v) is 26.5. The number of aromatic nitrogens is 3. The lowest BCUT2D eigenvalue weighted by Gasteiger charge is -2.32. The molecule has 0 saturated carbocycles. The molecule has 0 spiro atoms. The Balaban J connectivity index is 1.09. The molecule has 2 fully saturated rings. The number of para-hydroxylation sites is 1. The maximum atomic E-state index is 15.0. The topological polar surface area (TPSA) is 183 Å². The molecule has 5 atom stereocenters. The molecule has 6 rings (SSSR count). The van der Waals surface area contributed by atoms with Crippen LogP contribution in [0.5, 0.6) is 11.5 Å². The van der Waals surface area contributed by atoms with Crippen LogP contribution in [0.25, 0.3) is 5.52 Å². The van der Waals surface area contributed by atoms with E-state index in [2.05, 4.69) is 22.0 Å². The molecule has 0 aliphatic carbocycles. The fourth-order valence-corrected chi connectivity index (χ4v) is 10.6. The van der Waals surface area contributed by atoms with Gasteiger partial charge in [-0.25, -0.2) is 18.5 Å². The van der Waals surface area contributed by atoms with Crippen LogP contribution in [0, 0.1) is 23.1 Å². The molecule has 2 aliphatic heterocycles. The number of phosphoric ester groups is 1. The highest BCUT2D eigenvalue weighted by Crippen LogP contribution is 2.56. The molecule has 2 saturated heterocycles. The van der Waals surface area contributed by atoms with Crippen molar-refractivity contribution in [1.29, 1.82) is 5.26 Å². The summed E-state index contributed by atoms with van der Waals surface area (Å²) in [5, 5.41) is 14.1. The first-order valence-electron chi connectivity index (χ1n) is 24.6. The van der Waals surface area contributed by atoms with Gasteiger partial charge in [-0.05, 0) is 56.7 Å². The Hall–Kier alpha value is -4.17. The molecule has 2 aromatic carbocycles. The van der Waals surface area contributed by atoms with Gasteiger partial charge in [0.05, 0.1) is 55.4 Å². The number of rotatable bonds is 32. The molecule has 4 heterocycles. The number of halogens is 2. The molecule has 378 valence electrons. The van der Waals surface area contributed by atoms with Gasteiger partial charge in [-0.3, -0.25) is 14.0 Å². The first kappa shape index (κ1) is 54.2. The smallest absolute Gasteiger partial charge is 0.493 e. The van der Waals surface area contributed by atoms with Crippen LogP contribution in [0.4, 0.5) is 10.2 Å². The lowest BCUT2D eigenvalue weighted by atomic mass is 9.86. The average molecular weight is 998 g/mol. The molecule has 0 amide bonds. The van der Waals surface area contributed by atoms with E-state index in [1.54, 1.807) is 55.7 Å². The van der Waals surface area contributed by atoms with Gasteiger partial charge in [0.25, 0.3) is 0 Å². The van der Waals surface area contributed by atoms with E-state index in [0.717, 1.165) is 25.3 Å². The normalized spacial score (nSPS) is 21.1. The van der Waals surface area contributed by atoms with Crippen LogP contribution < -0.4 is 15.0 Å². The predicted octanol–water partition coefficient (Wildman–Crippen LogP) is 12.0. The van der Waals surface area contributed by atoms with Crippen molar-refractivity contribution in [2.45, 2.75) is 147 Å². The second kappa shape index (κ2) is 26.3. The van der Waals surface area contributed by atoms with Crippen LogP contribution in [0.15, 0.2) is 65.9 Å². The van der Waals surface area contributed by atoms with Crippen molar-refractivity contribution in [3.8, 4) is 17.6 Å². The fraction of sp³-hybridized carbons (Fsp3) is 0.608. The average Bonchev–Trinajstić information content (AvgIpc) is 3.98. The van der Waals surface area contributed by atoms with E-state index < -0.39 is 49.3 Å². The third-order valence-electron chi connectivity index (χ3n) is 12.5. The van der Waals surface area contributed by atoms with Crippen LogP contribution in [0.1, 0.15) is 135 Å². The van der Waals surface area contributed by atoms with E-state index in [4.69, 9.17) is 54.6 Å². The molecule has 2 aromatic heterocycles. The summed E-state index contributed by atoms with van der Waals surface area (Å²) >= 11 is 6.52. The van der Waals surface area contributed by atoms with Gasteiger partial charge >= 0.3 is 7.82 Å². The van der Waals surface area contributed by atoms with Crippen LogP contribution in [0.3, 0.4) is 0 Å². The van der Waals surface area contributed by atoms with E-state index in [0.29, 0.717) is 17.8 Å². The van der Waals surface area contributed by atoms with Crippen molar-refractivity contribution in [2.75, 3.05) is 52.4 Å². The largest absolute Gasteiger partial charge is 0.530 e. The maximum Gasteiger partial charge on any atom is 0.530 e. The lowest BCUT2D eigenvalue weighted by Crippen LogP contribution is -2.51. The van der Waals surface area contributed by atoms with Gasteiger partial charge < -0.3 is 33.9 Å². The van der Waals surface area contributed by atoms with Crippen molar-refractivity contribution in [1.82, 2.24) is 14.6 Å². The zero-order valence-electron chi connectivity index (χ0n) is 40.8. The Bertz CT molecular complexity index is 2350. The number of fused-ring (bicyclic) bond motifs is 2. The molecule has 0 radical (unpaired) electrons. The number of phosphoric acid groups is 1. The summed E-state index contributed by atoms with van der Waals surface area (Å²) in [6, 6.07) is 15.8. The van der Waals surface area contributed by atoms with E-state index in [1.807, 2.05) is 12.1 Å². The van der Waals surface area contributed by atoms with Crippen molar-refractivity contribution in [2.24, 2.45) is 10.9 Å². The van der Waals surface area contributed by atoms with Gasteiger partial charge in [-0.2, -0.15) is 10.4 Å². The summed E-state index contributed by atoms with van der Waals surface area (Å²) in [4.78, 5) is 8.46. The summed E-state index contributed by atoms with van der Waals surface area (Å²) in [7, 11) is -3.04. The molecular formula is C51H71ClFN6O9P. The monoisotopic (exact) mass is 996 g/mol. The predicted molar refractivity (Wildman–Crippen MR) is 264 cm³/mol. The summed E-state index contributed by atoms with van der Waals surface area (Å²) in [5.74, 6) is -1.82. The van der Waals surface area contributed by atoms with Crippen LogP contribution in [-0.2, 0) is 38.2 Å². The molecular weight excluding hydrogens is 926 g/mol. The second-order valence-corrected chi connectivity index (χ2v) is 20.6. The highest BCUT2D eigenvalue weighted by Gasteiger charge is 2.69. The summed E-state index contributed by atoms with van der Waals surface area (Å²) < 4.78 is 81.5. The maximum absolute atomic E-state index is 15.0. The highest BCUT2D eigenvalue weighted by molar-refractivity contribution is 7.49. The molecule has 18 heteroatoms. The van der Waals surface area contributed by atoms with Crippen LogP contribution in [0.2, 0.25) is 5.02 Å². The Morgan fingerprint density at radius 2 is 1.64 bits per heavy atom. The van der Waals surface area contributed by atoms with E-state index in [-0.39, 0.29) is 54.3 Å². The molecule has 2 aliphatic rings. The van der Waals surface area contributed by atoms with Gasteiger partial charge in [-0.15, -0.1) is 0 Å². The highest BCUT2D eigenvalue weighted by atomic mass is 35.5. The number of nitrogens with zero attached hydrogens (tertiary/aromatic N) is 5. The van der Waals surface area contributed by atoms with Gasteiger partial charge in [0.15, 0.2) is 22.8 Å². The Morgan fingerprint density at radius 1 is 0.957 bits per heavy atom. The zero-order chi connectivity index (χ0) is 49.2. The summed E-state index contributed by atoms with van der Waals surface area (Å²) in [6.07, 6.45) is 22.2. The number of nitrogens with two attached hydrogens (primary N) is 1. The van der Waals surface area contributed by atoms with E-state index in [9.17, 15) is 9.65 Å². The quantitative estimate of drug-likeness (QED) is 0.0277. The van der Waals surface area contributed by atoms with Crippen molar-refractivity contribution < 1.29 is 46.2 Å². The van der Waals surface area contributed by atoms with E-state index >= 15 is 4.57 Å². The van der Waals surface area contributed by atoms with Crippen molar-refractivity contribution in [3.63, 3.8) is 0 Å².